The van der Waals surface area contributed by atoms with Crippen molar-refractivity contribution in [2.45, 2.75) is 33.2 Å². The summed E-state index contributed by atoms with van der Waals surface area (Å²) in [6, 6.07) is 15.5. The lowest BCUT2D eigenvalue weighted by Crippen LogP contribution is -2.19. The zero-order valence-corrected chi connectivity index (χ0v) is 14.8. The van der Waals surface area contributed by atoms with E-state index in [-0.39, 0.29) is 17.3 Å². The Hall–Kier alpha value is -1.10. The molecule has 1 atom stereocenters. The summed E-state index contributed by atoms with van der Waals surface area (Å²) >= 11 is 2.17. The van der Waals surface area contributed by atoms with E-state index in [0.29, 0.717) is 0 Å². The average molecular weight is 397 g/mol. The highest BCUT2D eigenvalue weighted by molar-refractivity contribution is 14.1. The molecule has 0 spiro atoms. The zero-order valence-electron chi connectivity index (χ0n) is 12.7. The Morgan fingerprint density at radius 1 is 1.10 bits per heavy atom. The van der Waals surface area contributed by atoms with E-state index in [1.165, 1.54) is 11.6 Å². The minimum atomic E-state index is -0.197. The Balaban J connectivity index is 2.28. The van der Waals surface area contributed by atoms with Crippen molar-refractivity contribution in [1.82, 2.24) is 0 Å². The molecule has 1 N–H and O–H groups in total. The molecule has 1 nitrogen and oxygen atoms in total. The number of nitrogens with one attached hydrogen (secondary N) is 1. The van der Waals surface area contributed by atoms with Gasteiger partial charge in [0.2, 0.25) is 0 Å². The van der Waals surface area contributed by atoms with Gasteiger partial charge in [-0.1, -0.05) is 51.1 Å². The average Bonchev–Trinajstić information content (AvgIpc) is 2.40. The minimum Gasteiger partial charge on any atom is -0.377 e. The van der Waals surface area contributed by atoms with E-state index in [2.05, 4.69) is 72.9 Å². The smallest absolute Gasteiger partial charge is 0.124 e. The largest absolute Gasteiger partial charge is 0.377 e. The molecule has 21 heavy (non-hydrogen) atoms. The molecule has 2 rings (SSSR count). The van der Waals surface area contributed by atoms with Gasteiger partial charge in [0, 0.05) is 9.26 Å². The van der Waals surface area contributed by atoms with Crippen LogP contribution in [0, 0.1) is 14.8 Å². The van der Waals surface area contributed by atoms with Crippen LogP contribution in [0.4, 0.5) is 10.1 Å². The number of anilines is 1. The summed E-state index contributed by atoms with van der Waals surface area (Å²) in [5, 5.41) is 3.57. The maximum absolute atomic E-state index is 13.2. The SMILES string of the molecule is CC(C)(C)CC(Nc1ccc(F)cc1I)c1ccccc1. The van der Waals surface area contributed by atoms with Crippen LogP contribution in [0.15, 0.2) is 48.5 Å². The first kappa shape index (κ1) is 16.3. The van der Waals surface area contributed by atoms with Gasteiger partial charge in [-0.2, -0.15) is 0 Å². The third kappa shape index (κ3) is 4.99. The summed E-state index contributed by atoms with van der Waals surface area (Å²) in [5.41, 5.74) is 2.45. The highest BCUT2D eigenvalue weighted by atomic mass is 127. The number of hydrogen-bond acceptors (Lipinski definition) is 1. The van der Waals surface area contributed by atoms with Gasteiger partial charge in [-0.25, -0.2) is 4.39 Å². The first-order valence-electron chi connectivity index (χ1n) is 7.12. The van der Waals surface area contributed by atoms with Crippen molar-refractivity contribution >= 4 is 28.3 Å². The lowest BCUT2D eigenvalue weighted by molar-refractivity contribution is 0.352. The molecule has 1 unspecified atom stereocenters. The molecule has 0 amide bonds. The predicted molar refractivity (Wildman–Crippen MR) is 96.0 cm³/mol. The van der Waals surface area contributed by atoms with Crippen LogP contribution in [0.5, 0.6) is 0 Å². The molecule has 0 bridgehead atoms. The van der Waals surface area contributed by atoms with Crippen molar-refractivity contribution in [2.75, 3.05) is 5.32 Å². The Morgan fingerprint density at radius 2 is 1.76 bits per heavy atom. The molecule has 2 aromatic carbocycles. The maximum atomic E-state index is 13.2. The standard InChI is InChI=1S/C18H21FIN/c1-18(2,3)12-17(13-7-5-4-6-8-13)21-16-10-9-14(19)11-15(16)20/h4-11,17,21H,12H2,1-3H3. The monoisotopic (exact) mass is 397 g/mol. The Bertz CT molecular complexity index is 590. The highest BCUT2D eigenvalue weighted by Crippen LogP contribution is 2.33. The van der Waals surface area contributed by atoms with Gasteiger partial charge in [0.1, 0.15) is 5.82 Å². The van der Waals surface area contributed by atoms with E-state index in [0.717, 1.165) is 15.7 Å². The Morgan fingerprint density at radius 3 is 2.33 bits per heavy atom. The highest BCUT2D eigenvalue weighted by Gasteiger charge is 2.20. The molecule has 112 valence electrons. The maximum Gasteiger partial charge on any atom is 0.124 e. The molecule has 0 heterocycles. The fraction of sp³-hybridized carbons (Fsp3) is 0.333. The second-order valence-corrected chi connectivity index (χ2v) is 7.66. The van der Waals surface area contributed by atoms with Crippen molar-refractivity contribution in [2.24, 2.45) is 5.41 Å². The van der Waals surface area contributed by atoms with E-state index in [9.17, 15) is 4.39 Å². The second kappa shape index (κ2) is 6.77. The predicted octanol–water partition coefficient (Wildman–Crippen LogP) is 6.02. The topological polar surface area (TPSA) is 12.0 Å². The summed E-state index contributed by atoms with van der Waals surface area (Å²) < 4.78 is 14.2. The van der Waals surface area contributed by atoms with Crippen LogP contribution in [-0.4, -0.2) is 0 Å². The van der Waals surface area contributed by atoms with E-state index in [4.69, 9.17) is 0 Å². The summed E-state index contributed by atoms with van der Waals surface area (Å²) in [5.74, 6) is -0.197. The lowest BCUT2D eigenvalue weighted by Gasteiger charge is -2.28. The fourth-order valence-electron chi connectivity index (χ4n) is 2.34. The van der Waals surface area contributed by atoms with Gasteiger partial charge in [0.25, 0.3) is 0 Å². The van der Waals surface area contributed by atoms with Crippen molar-refractivity contribution in [3.63, 3.8) is 0 Å². The van der Waals surface area contributed by atoms with Gasteiger partial charge in [0.05, 0.1) is 6.04 Å². The molecule has 0 aliphatic rings. The molecule has 0 aliphatic carbocycles. The summed E-state index contributed by atoms with van der Waals surface area (Å²) in [4.78, 5) is 0. The molecule has 2 aromatic rings. The third-order valence-electron chi connectivity index (χ3n) is 3.28. The quantitative estimate of drug-likeness (QED) is 0.622. The molecule has 0 fully saturated rings. The normalized spacial score (nSPS) is 13.0. The van der Waals surface area contributed by atoms with Crippen LogP contribution < -0.4 is 5.32 Å². The molecular weight excluding hydrogens is 376 g/mol. The van der Waals surface area contributed by atoms with Crippen molar-refractivity contribution in [1.29, 1.82) is 0 Å². The van der Waals surface area contributed by atoms with Crippen LogP contribution in [0.2, 0.25) is 0 Å². The summed E-state index contributed by atoms with van der Waals surface area (Å²) in [7, 11) is 0. The molecule has 0 saturated heterocycles. The minimum absolute atomic E-state index is 0.197. The van der Waals surface area contributed by atoms with Crippen LogP contribution >= 0.6 is 22.6 Å². The van der Waals surface area contributed by atoms with Crippen molar-refractivity contribution in [3.05, 3.63) is 63.5 Å². The molecule has 0 saturated carbocycles. The third-order valence-corrected chi connectivity index (χ3v) is 4.17. The molecule has 0 aliphatic heterocycles. The van der Waals surface area contributed by atoms with E-state index >= 15 is 0 Å². The van der Waals surface area contributed by atoms with Gasteiger partial charge in [-0.3, -0.25) is 0 Å². The molecule has 0 aromatic heterocycles. The van der Waals surface area contributed by atoms with E-state index in [1.807, 2.05) is 12.1 Å². The van der Waals surface area contributed by atoms with Crippen LogP contribution in [0.1, 0.15) is 38.8 Å². The number of hydrogen-bond donors (Lipinski definition) is 1. The Kier molecular flexibility index (Phi) is 5.25. The van der Waals surface area contributed by atoms with Crippen molar-refractivity contribution < 1.29 is 4.39 Å². The van der Waals surface area contributed by atoms with Gasteiger partial charge in [0.15, 0.2) is 0 Å². The van der Waals surface area contributed by atoms with Crippen molar-refractivity contribution in [3.8, 4) is 0 Å². The Labute approximate surface area is 140 Å². The van der Waals surface area contributed by atoms with Gasteiger partial charge in [-0.15, -0.1) is 0 Å². The number of halogens is 2. The summed E-state index contributed by atoms with van der Waals surface area (Å²) in [6.07, 6.45) is 1.00. The van der Waals surface area contributed by atoms with Crippen LogP contribution in [0.25, 0.3) is 0 Å². The van der Waals surface area contributed by atoms with Gasteiger partial charge in [-0.05, 0) is 58.2 Å². The zero-order chi connectivity index (χ0) is 15.5. The number of rotatable bonds is 4. The molecule has 0 radical (unpaired) electrons. The first-order chi connectivity index (χ1) is 9.85. The lowest BCUT2D eigenvalue weighted by atomic mass is 9.85. The van der Waals surface area contributed by atoms with Gasteiger partial charge < -0.3 is 5.32 Å². The fourth-order valence-corrected chi connectivity index (χ4v) is 2.98. The number of benzene rings is 2. The van der Waals surface area contributed by atoms with E-state index < -0.39 is 0 Å². The van der Waals surface area contributed by atoms with Crippen LogP contribution in [0.3, 0.4) is 0 Å². The first-order valence-corrected chi connectivity index (χ1v) is 8.19. The van der Waals surface area contributed by atoms with Crippen LogP contribution in [-0.2, 0) is 0 Å². The van der Waals surface area contributed by atoms with E-state index in [1.54, 1.807) is 6.07 Å². The van der Waals surface area contributed by atoms with Gasteiger partial charge >= 0.3 is 0 Å². The summed E-state index contributed by atoms with van der Waals surface area (Å²) in [6.45, 7) is 6.71. The molecule has 3 heteroatoms. The second-order valence-electron chi connectivity index (χ2n) is 6.50. The molecular formula is C18H21FIN.